The number of ether oxygens (including phenoxy) is 2. The third-order valence-electron chi connectivity index (χ3n) is 4.19. The van der Waals surface area contributed by atoms with Gasteiger partial charge >= 0.3 is 0 Å². The Balaban J connectivity index is 1.70. The van der Waals surface area contributed by atoms with Gasteiger partial charge in [0.15, 0.2) is 11.5 Å². The zero-order valence-corrected chi connectivity index (χ0v) is 15.7. The molecule has 0 atom stereocenters. The van der Waals surface area contributed by atoms with Crippen LogP contribution in [0.2, 0.25) is 0 Å². The van der Waals surface area contributed by atoms with Gasteiger partial charge < -0.3 is 14.8 Å². The number of hydrogen-bond donors (Lipinski definition) is 1. The van der Waals surface area contributed by atoms with Crippen molar-refractivity contribution in [3.8, 4) is 22.8 Å². The van der Waals surface area contributed by atoms with Crippen LogP contribution in [-0.2, 0) is 6.54 Å². The van der Waals surface area contributed by atoms with Gasteiger partial charge in [-0.1, -0.05) is 36.4 Å². The molecule has 1 N–H and O–H groups in total. The fourth-order valence-corrected chi connectivity index (χ4v) is 2.81. The molecule has 0 fully saturated rings. The molecule has 0 aliphatic heterocycles. The molecule has 1 aromatic heterocycles. The zero-order valence-electron chi connectivity index (χ0n) is 15.7. The summed E-state index contributed by atoms with van der Waals surface area (Å²) in [7, 11) is 2.99. The summed E-state index contributed by atoms with van der Waals surface area (Å²) in [6.07, 6.45) is 0. The molecule has 0 aliphatic rings. The van der Waals surface area contributed by atoms with Crippen LogP contribution in [-0.4, -0.2) is 36.5 Å². The van der Waals surface area contributed by atoms with Crippen molar-refractivity contribution in [2.75, 3.05) is 20.8 Å². The summed E-state index contributed by atoms with van der Waals surface area (Å²) in [5, 5.41) is 7.17. The molecule has 0 aliphatic carbocycles. The van der Waals surface area contributed by atoms with Crippen LogP contribution in [0.1, 0.15) is 10.4 Å². The van der Waals surface area contributed by atoms with Crippen LogP contribution in [0.15, 0.2) is 65.5 Å². The van der Waals surface area contributed by atoms with Gasteiger partial charge in [-0.05, 0) is 18.2 Å². The summed E-state index contributed by atoms with van der Waals surface area (Å²) >= 11 is 0. The van der Waals surface area contributed by atoms with E-state index < -0.39 is 0 Å². The second kappa shape index (κ2) is 8.85. The predicted octanol–water partition coefficient (Wildman–Crippen LogP) is 2.36. The lowest BCUT2D eigenvalue weighted by Gasteiger charge is -2.13. The lowest BCUT2D eigenvalue weighted by atomic mass is 10.1. The van der Waals surface area contributed by atoms with E-state index >= 15 is 0 Å². The minimum atomic E-state index is -0.317. The SMILES string of the molecule is COc1cccc(C(=O)NCCn2nc(-c3ccccc3)ccc2=O)c1OC. The second-order valence-electron chi connectivity index (χ2n) is 5.94. The number of nitrogens with one attached hydrogen (secondary N) is 1. The highest BCUT2D eigenvalue weighted by molar-refractivity contribution is 5.97. The average molecular weight is 379 g/mol. The van der Waals surface area contributed by atoms with E-state index in [1.807, 2.05) is 30.3 Å². The lowest BCUT2D eigenvalue weighted by Crippen LogP contribution is -2.32. The maximum Gasteiger partial charge on any atom is 0.266 e. The molecule has 0 saturated carbocycles. The summed E-state index contributed by atoms with van der Waals surface area (Å²) in [6, 6.07) is 17.8. The summed E-state index contributed by atoms with van der Waals surface area (Å²) in [6.45, 7) is 0.488. The average Bonchev–Trinajstić information content (AvgIpc) is 2.74. The summed E-state index contributed by atoms with van der Waals surface area (Å²) in [5.41, 5.74) is 1.75. The monoisotopic (exact) mass is 379 g/mol. The van der Waals surface area contributed by atoms with Crippen LogP contribution in [0.5, 0.6) is 11.5 Å². The van der Waals surface area contributed by atoms with Crippen molar-refractivity contribution in [3.63, 3.8) is 0 Å². The Bertz CT molecular complexity index is 1020. The van der Waals surface area contributed by atoms with Crippen LogP contribution < -0.4 is 20.3 Å². The number of rotatable bonds is 7. The van der Waals surface area contributed by atoms with Gasteiger partial charge in [-0.25, -0.2) is 4.68 Å². The van der Waals surface area contributed by atoms with Crippen LogP contribution >= 0.6 is 0 Å². The predicted molar refractivity (Wildman–Crippen MR) is 106 cm³/mol. The molecule has 0 spiro atoms. The van der Waals surface area contributed by atoms with Crippen molar-refractivity contribution in [1.82, 2.24) is 15.1 Å². The van der Waals surface area contributed by atoms with Gasteiger partial charge in [-0.15, -0.1) is 0 Å². The van der Waals surface area contributed by atoms with E-state index in [-0.39, 0.29) is 24.6 Å². The molecule has 0 bridgehead atoms. The van der Waals surface area contributed by atoms with E-state index in [0.29, 0.717) is 22.8 Å². The minimum Gasteiger partial charge on any atom is -0.493 e. The molecule has 0 unspecified atom stereocenters. The maximum absolute atomic E-state index is 12.5. The molecule has 2 aromatic carbocycles. The number of carbonyl (C=O) groups excluding carboxylic acids is 1. The quantitative estimate of drug-likeness (QED) is 0.681. The van der Waals surface area contributed by atoms with E-state index in [4.69, 9.17) is 9.47 Å². The number of methoxy groups -OCH3 is 2. The Morgan fingerprint density at radius 3 is 2.50 bits per heavy atom. The Morgan fingerprint density at radius 1 is 1.00 bits per heavy atom. The highest BCUT2D eigenvalue weighted by Crippen LogP contribution is 2.30. The van der Waals surface area contributed by atoms with Gasteiger partial charge in [0, 0.05) is 18.2 Å². The van der Waals surface area contributed by atoms with Crippen molar-refractivity contribution < 1.29 is 14.3 Å². The normalized spacial score (nSPS) is 10.4. The van der Waals surface area contributed by atoms with E-state index in [0.717, 1.165) is 5.56 Å². The number of hydrogen-bond acceptors (Lipinski definition) is 5. The van der Waals surface area contributed by atoms with E-state index in [9.17, 15) is 9.59 Å². The third kappa shape index (κ3) is 4.20. The zero-order chi connectivity index (χ0) is 19.9. The molecule has 1 heterocycles. The van der Waals surface area contributed by atoms with Crippen molar-refractivity contribution in [3.05, 3.63) is 76.6 Å². The van der Waals surface area contributed by atoms with Gasteiger partial charge in [0.1, 0.15) is 0 Å². The van der Waals surface area contributed by atoms with Crippen molar-refractivity contribution >= 4 is 5.91 Å². The van der Waals surface area contributed by atoms with E-state index in [2.05, 4.69) is 10.4 Å². The molecule has 7 heteroatoms. The number of para-hydroxylation sites is 1. The smallest absolute Gasteiger partial charge is 0.266 e. The fourth-order valence-electron chi connectivity index (χ4n) is 2.81. The van der Waals surface area contributed by atoms with Gasteiger partial charge in [0.25, 0.3) is 11.5 Å². The Morgan fingerprint density at radius 2 is 1.79 bits per heavy atom. The molecular formula is C21H21N3O4. The highest BCUT2D eigenvalue weighted by atomic mass is 16.5. The fraction of sp³-hybridized carbons (Fsp3) is 0.190. The molecule has 1 amide bonds. The van der Waals surface area contributed by atoms with Crippen LogP contribution in [0.4, 0.5) is 0 Å². The maximum atomic E-state index is 12.5. The van der Waals surface area contributed by atoms with E-state index in [1.54, 1.807) is 24.3 Å². The molecule has 3 aromatic rings. The first-order valence-corrected chi connectivity index (χ1v) is 8.77. The first-order chi connectivity index (χ1) is 13.6. The Hall–Kier alpha value is -3.61. The molecule has 144 valence electrons. The van der Waals surface area contributed by atoms with E-state index in [1.165, 1.54) is 25.0 Å². The first-order valence-electron chi connectivity index (χ1n) is 8.77. The van der Waals surface area contributed by atoms with Crippen molar-refractivity contribution in [1.29, 1.82) is 0 Å². The third-order valence-corrected chi connectivity index (χ3v) is 4.19. The van der Waals surface area contributed by atoms with Crippen LogP contribution in [0.3, 0.4) is 0 Å². The van der Waals surface area contributed by atoms with Crippen molar-refractivity contribution in [2.24, 2.45) is 0 Å². The number of amides is 1. The summed E-state index contributed by atoms with van der Waals surface area (Å²) in [5.74, 6) is 0.524. The first kappa shape index (κ1) is 19.2. The molecule has 7 nitrogen and oxygen atoms in total. The van der Waals surface area contributed by atoms with Crippen LogP contribution in [0.25, 0.3) is 11.3 Å². The summed E-state index contributed by atoms with van der Waals surface area (Å²) in [4.78, 5) is 24.6. The largest absolute Gasteiger partial charge is 0.493 e. The second-order valence-corrected chi connectivity index (χ2v) is 5.94. The van der Waals surface area contributed by atoms with Crippen molar-refractivity contribution in [2.45, 2.75) is 6.54 Å². The summed E-state index contributed by atoms with van der Waals surface area (Å²) < 4.78 is 11.8. The van der Waals surface area contributed by atoms with Gasteiger partial charge in [0.05, 0.1) is 32.0 Å². The number of benzene rings is 2. The molecule has 3 rings (SSSR count). The lowest BCUT2D eigenvalue weighted by molar-refractivity contribution is 0.0948. The number of aromatic nitrogens is 2. The number of nitrogens with zero attached hydrogens (tertiary/aromatic N) is 2. The standard InChI is InChI=1S/C21H21N3O4/c1-27-18-10-6-9-16(20(18)28-2)21(26)22-13-14-24-19(25)12-11-17(23-24)15-7-4-3-5-8-15/h3-12H,13-14H2,1-2H3,(H,22,26). The molecule has 0 radical (unpaired) electrons. The van der Waals surface area contributed by atoms with Crippen LogP contribution in [0, 0.1) is 0 Å². The van der Waals surface area contributed by atoms with Gasteiger partial charge in [-0.2, -0.15) is 5.10 Å². The molecule has 0 saturated heterocycles. The minimum absolute atomic E-state index is 0.229. The molecular weight excluding hydrogens is 358 g/mol. The molecule has 28 heavy (non-hydrogen) atoms. The van der Waals surface area contributed by atoms with Gasteiger partial charge in [-0.3, -0.25) is 9.59 Å². The number of carbonyl (C=O) groups is 1. The Kier molecular flexibility index (Phi) is 6.06. The topological polar surface area (TPSA) is 82.5 Å². The van der Waals surface area contributed by atoms with Gasteiger partial charge in [0.2, 0.25) is 0 Å². The Labute approximate surface area is 162 Å². The highest BCUT2D eigenvalue weighted by Gasteiger charge is 2.16.